The molecule has 0 fully saturated rings. The summed E-state index contributed by atoms with van der Waals surface area (Å²) in [5.74, 6) is -0.442. The minimum atomic E-state index is -4.48. The summed E-state index contributed by atoms with van der Waals surface area (Å²) in [6, 6.07) is 3.55. The lowest BCUT2D eigenvalue weighted by Crippen LogP contribution is -2.08. The van der Waals surface area contributed by atoms with Gasteiger partial charge in [-0.05, 0) is 39.0 Å². The number of hydrogen-bond acceptors (Lipinski definition) is 5. The molecule has 1 N–H and O–H groups in total. The van der Waals surface area contributed by atoms with Gasteiger partial charge in [0.05, 0.1) is 11.7 Å². The summed E-state index contributed by atoms with van der Waals surface area (Å²) in [5.41, 5.74) is -0.254. The number of alkyl halides is 3. The number of nitrogens with zero attached hydrogens (tertiary/aromatic N) is 3. The van der Waals surface area contributed by atoms with Gasteiger partial charge in [-0.3, -0.25) is 0 Å². The van der Waals surface area contributed by atoms with Crippen molar-refractivity contribution >= 4 is 17.9 Å². The number of esters is 1. The van der Waals surface area contributed by atoms with E-state index in [1.807, 2.05) is 0 Å². The molecule has 1 aromatic carbocycles. The van der Waals surface area contributed by atoms with Crippen LogP contribution >= 0.6 is 0 Å². The van der Waals surface area contributed by atoms with Gasteiger partial charge in [-0.1, -0.05) is 0 Å². The Labute approximate surface area is 148 Å². The zero-order valence-corrected chi connectivity index (χ0v) is 14.5. The van der Waals surface area contributed by atoms with E-state index in [0.29, 0.717) is 12.2 Å². The lowest BCUT2D eigenvalue weighted by Gasteiger charge is -2.11. The van der Waals surface area contributed by atoms with E-state index in [9.17, 15) is 18.0 Å². The van der Waals surface area contributed by atoms with E-state index >= 15 is 0 Å². The Hall–Kier alpha value is -2.84. The second-order valence-corrected chi connectivity index (χ2v) is 5.68. The van der Waals surface area contributed by atoms with E-state index in [2.05, 4.69) is 15.4 Å². The third-order valence-corrected chi connectivity index (χ3v) is 3.12. The van der Waals surface area contributed by atoms with E-state index in [1.54, 1.807) is 20.8 Å². The standard InChI is InChI=1S/C17H19F3N4O2/c1-4-21-14-8-12(7-13(9-14)17(18,19)20)16-22-10-24(23-16)6-5-15(25)26-11(2)3/h5-11,21H,4H2,1-3H3/b6-5-. The van der Waals surface area contributed by atoms with Gasteiger partial charge in [0.15, 0.2) is 5.82 Å². The van der Waals surface area contributed by atoms with Crippen molar-refractivity contribution in [2.24, 2.45) is 0 Å². The molecular formula is C17H19F3N4O2. The molecule has 0 saturated heterocycles. The number of ether oxygens (including phenoxy) is 1. The van der Waals surface area contributed by atoms with Crippen molar-refractivity contribution in [1.29, 1.82) is 0 Å². The first-order valence-electron chi connectivity index (χ1n) is 7.95. The summed E-state index contributed by atoms with van der Waals surface area (Å²) < 4.78 is 45.4. The van der Waals surface area contributed by atoms with Crippen LogP contribution in [0.5, 0.6) is 0 Å². The molecular weight excluding hydrogens is 349 g/mol. The average molecular weight is 368 g/mol. The summed E-state index contributed by atoms with van der Waals surface area (Å²) in [4.78, 5) is 15.5. The van der Waals surface area contributed by atoms with E-state index in [0.717, 1.165) is 18.2 Å². The summed E-state index contributed by atoms with van der Waals surface area (Å²) in [6.07, 6.45) is -0.965. The van der Waals surface area contributed by atoms with Crippen molar-refractivity contribution in [2.75, 3.05) is 11.9 Å². The predicted octanol–water partition coefficient (Wildman–Crippen LogP) is 3.82. The zero-order chi connectivity index (χ0) is 19.3. The van der Waals surface area contributed by atoms with Gasteiger partial charge in [-0.2, -0.15) is 13.2 Å². The highest BCUT2D eigenvalue weighted by molar-refractivity contribution is 5.85. The number of carbonyl (C=O) groups is 1. The fourth-order valence-electron chi connectivity index (χ4n) is 2.11. The van der Waals surface area contributed by atoms with Gasteiger partial charge in [0.2, 0.25) is 0 Å². The van der Waals surface area contributed by atoms with Crippen LogP contribution in [0, 0.1) is 0 Å². The molecule has 0 atom stereocenters. The highest BCUT2D eigenvalue weighted by Gasteiger charge is 2.31. The average Bonchev–Trinajstić information content (AvgIpc) is 3.00. The van der Waals surface area contributed by atoms with E-state index in [1.165, 1.54) is 23.3 Å². The molecule has 0 bridgehead atoms. The summed E-state index contributed by atoms with van der Waals surface area (Å²) >= 11 is 0. The number of anilines is 1. The number of nitrogens with one attached hydrogen (secondary N) is 1. The molecule has 26 heavy (non-hydrogen) atoms. The van der Waals surface area contributed by atoms with Gasteiger partial charge in [-0.15, -0.1) is 5.10 Å². The second kappa shape index (κ2) is 8.03. The quantitative estimate of drug-likeness (QED) is 0.620. The maximum atomic E-state index is 13.1. The Morgan fingerprint density at radius 3 is 2.69 bits per heavy atom. The minimum absolute atomic E-state index is 0.108. The third-order valence-electron chi connectivity index (χ3n) is 3.12. The van der Waals surface area contributed by atoms with Crippen LogP contribution in [0.25, 0.3) is 17.6 Å². The molecule has 0 radical (unpaired) electrons. The fourth-order valence-corrected chi connectivity index (χ4v) is 2.11. The first-order chi connectivity index (χ1) is 12.2. The smallest absolute Gasteiger partial charge is 0.416 e. The molecule has 0 aliphatic heterocycles. The molecule has 0 aliphatic rings. The van der Waals surface area contributed by atoms with Crippen molar-refractivity contribution in [3.05, 3.63) is 36.2 Å². The van der Waals surface area contributed by atoms with Crippen molar-refractivity contribution in [1.82, 2.24) is 14.8 Å². The van der Waals surface area contributed by atoms with E-state index in [-0.39, 0.29) is 17.5 Å². The number of halogens is 3. The Kier molecular flexibility index (Phi) is 6.01. The van der Waals surface area contributed by atoms with Crippen molar-refractivity contribution in [2.45, 2.75) is 33.1 Å². The van der Waals surface area contributed by atoms with Crippen LogP contribution in [0.3, 0.4) is 0 Å². The number of carbonyl (C=O) groups excluding carboxylic acids is 1. The van der Waals surface area contributed by atoms with E-state index < -0.39 is 17.7 Å². The summed E-state index contributed by atoms with van der Waals surface area (Å²) in [6.45, 7) is 5.70. The SMILES string of the molecule is CCNc1cc(-c2ncn(/C=C\C(=O)OC(C)C)n2)cc(C(F)(F)F)c1. The lowest BCUT2D eigenvalue weighted by atomic mass is 10.1. The number of rotatable bonds is 6. The summed E-state index contributed by atoms with van der Waals surface area (Å²) in [5, 5.41) is 6.93. The van der Waals surface area contributed by atoms with Crippen LogP contribution in [-0.4, -0.2) is 33.4 Å². The molecule has 6 nitrogen and oxygen atoms in total. The predicted molar refractivity (Wildman–Crippen MR) is 91.2 cm³/mol. The lowest BCUT2D eigenvalue weighted by molar-refractivity contribution is -0.141. The van der Waals surface area contributed by atoms with Crippen LogP contribution in [-0.2, 0) is 15.7 Å². The molecule has 0 amide bonds. The monoisotopic (exact) mass is 368 g/mol. The fraction of sp³-hybridized carbons (Fsp3) is 0.353. The Balaban J connectivity index is 2.29. The minimum Gasteiger partial charge on any atom is -0.460 e. The van der Waals surface area contributed by atoms with Crippen molar-refractivity contribution in [3.63, 3.8) is 0 Å². The first-order valence-corrected chi connectivity index (χ1v) is 7.95. The van der Waals surface area contributed by atoms with Crippen LogP contribution < -0.4 is 5.32 Å². The van der Waals surface area contributed by atoms with Crippen molar-refractivity contribution in [3.8, 4) is 11.4 Å². The molecule has 0 aliphatic carbocycles. The molecule has 1 heterocycles. The third kappa shape index (κ3) is 5.33. The number of benzene rings is 1. The van der Waals surface area contributed by atoms with Gasteiger partial charge >= 0.3 is 12.1 Å². The molecule has 0 spiro atoms. The first kappa shape index (κ1) is 19.5. The largest absolute Gasteiger partial charge is 0.460 e. The van der Waals surface area contributed by atoms with Gasteiger partial charge < -0.3 is 10.1 Å². The second-order valence-electron chi connectivity index (χ2n) is 5.68. The Morgan fingerprint density at radius 1 is 1.35 bits per heavy atom. The van der Waals surface area contributed by atoms with Gasteiger partial charge in [0.1, 0.15) is 6.33 Å². The molecule has 0 saturated carbocycles. The van der Waals surface area contributed by atoms with Crippen LogP contribution in [0.15, 0.2) is 30.6 Å². The molecule has 1 aromatic heterocycles. The van der Waals surface area contributed by atoms with Gasteiger partial charge in [-0.25, -0.2) is 14.5 Å². The van der Waals surface area contributed by atoms with Crippen LogP contribution in [0.1, 0.15) is 26.3 Å². The van der Waals surface area contributed by atoms with E-state index in [4.69, 9.17) is 4.74 Å². The Bertz CT molecular complexity index is 798. The van der Waals surface area contributed by atoms with Gasteiger partial charge in [0.25, 0.3) is 0 Å². The highest BCUT2D eigenvalue weighted by Crippen LogP contribution is 2.34. The Morgan fingerprint density at radius 2 is 2.08 bits per heavy atom. The topological polar surface area (TPSA) is 69.0 Å². The molecule has 9 heteroatoms. The molecule has 2 rings (SSSR count). The zero-order valence-electron chi connectivity index (χ0n) is 14.5. The molecule has 0 unspecified atom stereocenters. The maximum absolute atomic E-state index is 13.1. The highest BCUT2D eigenvalue weighted by atomic mass is 19.4. The van der Waals surface area contributed by atoms with Crippen molar-refractivity contribution < 1.29 is 22.7 Å². The van der Waals surface area contributed by atoms with Crippen LogP contribution in [0.4, 0.5) is 18.9 Å². The summed E-state index contributed by atoms with van der Waals surface area (Å²) in [7, 11) is 0. The normalized spacial score (nSPS) is 12.0. The maximum Gasteiger partial charge on any atom is 0.416 e. The number of hydrogen-bond donors (Lipinski definition) is 1. The van der Waals surface area contributed by atoms with Gasteiger partial charge in [0, 0.05) is 30.1 Å². The number of aromatic nitrogens is 3. The molecule has 140 valence electrons. The molecule has 2 aromatic rings. The van der Waals surface area contributed by atoms with Crippen LogP contribution in [0.2, 0.25) is 0 Å².